The largest absolute Gasteiger partial charge is 0.422 e. The first kappa shape index (κ1) is 17.0. The molecule has 1 rings (SSSR count). The minimum Gasteiger partial charge on any atom is -0.277 e. The number of rotatable bonds is 3. The third-order valence-electron chi connectivity index (χ3n) is 2.32. The van der Waals surface area contributed by atoms with Crippen molar-refractivity contribution in [2.75, 3.05) is 7.11 Å². The second kappa shape index (κ2) is 5.72. The van der Waals surface area contributed by atoms with Crippen LogP contribution in [0.5, 0.6) is 0 Å². The minimum absolute atomic E-state index is 0.936. The van der Waals surface area contributed by atoms with Gasteiger partial charge < -0.3 is 0 Å². The molecule has 0 unspecified atom stereocenters. The molecule has 1 amide bonds. The Bertz CT molecular complexity index is 581. The van der Waals surface area contributed by atoms with Crippen LogP contribution in [0.2, 0.25) is 0 Å². The number of carbonyl (C=O) groups excluding carboxylic acids is 1. The number of nitrogens with one attached hydrogen (secondary N) is 1. The number of amides is 1. The van der Waals surface area contributed by atoms with Crippen LogP contribution in [0, 0.1) is 23.3 Å². The fourth-order valence-electron chi connectivity index (χ4n) is 1.41. The average Bonchev–Trinajstić information content (AvgIpc) is 2.35. The summed E-state index contributed by atoms with van der Waals surface area (Å²) in [6.45, 7) is 2.85. The van der Waals surface area contributed by atoms with Gasteiger partial charge in [-0.3, -0.25) is 9.63 Å². The molecule has 0 aliphatic rings. The Kier molecular flexibility index (Phi) is 4.62. The third-order valence-corrected chi connectivity index (χ3v) is 2.32. The maximum atomic E-state index is 13.5. The summed E-state index contributed by atoms with van der Waals surface area (Å²) in [4.78, 5) is 15.3. The molecule has 0 bridgehead atoms. The van der Waals surface area contributed by atoms with E-state index in [1.165, 1.54) is 0 Å². The molecule has 0 radical (unpaired) electrons. The van der Waals surface area contributed by atoms with Crippen LogP contribution < -0.4 is 5.48 Å². The molecule has 0 spiro atoms. The lowest BCUT2D eigenvalue weighted by Crippen LogP contribution is -2.25. The molecular formula is C11H6F7NO2. The Balaban J connectivity index is 3.59. The van der Waals surface area contributed by atoms with E-state index in [-0.39, 0.29) is 0 Å². The number of hydrogen-bond donors (Lipinski definition) is 1. The normalized spacial score (nSPS) is 11.4. The predicted molar refractivity (Wildman–Crippen MR) is 55.5 cm³/mol. The first-order valence-electron chi connectivity index (χ1n) is 4.99. The molecular weight excluding hydrogens is 311 g/mol. The molecule has 0 aromatic heterocycles. The van der Waals surface area contributed by atoms with Gasteiger partial charge in [-0.2, -0.15) is 13.2 Å². The fourth-order valence-corrected chi connectivity index (χ4v) is 1.41. The Morgan fingerprint density at radius 3 is 1.81 bits per heavy atom. The van der Waals surface area contributed by atoms with Crippen molar-refractivity contribution in [1.82, 2.24) is 5.48 Å². The summed E-state index contributed by atoms with van der Waals surface area (Å²) in [7, 11) is 0.936. The van der Waals surface area contributed by atoms with E-state index in [0.717, 1.165) is 7.11 Å². The van der Waals surface area contributed by atoms with Gasteiger partial charge in [0.05, 0.1) is 12.7 Å². The van der Waals surface area contributed by atoms with Crippen molar-refractivity contribution >= 4 is 11.5 Å². The number of halogens is 7. The number of hydroxylamine groups is 1. The van der Waals surface area contributed by atoms with Gasteiger partial charge >= 0.3 is 6.18 Å². The molecule has 0 saturated heterocycles. The zero-order valence-corrected chi connectivity index (χ0v) is 10.2. The summed E-state index contributed by atoms with van der Waals surface area (Å²) >= 11 is 0. The molecule has 0 aliphatic carbocycles. The highest BCUT2D eigenvalue weighted by Crippen LogP contribution is 2.38. The quantitative estimate of drug-likeness (QED) is 0.403. The van der Waals surface area contributed by atoms with E-state index in [1.807, 2.05) is 0 Å². The Hall–Kier alpha value is -2.10. The van der Waals surface area contributed by atoms with Crippen molar-refractivity contribution in [3.8, 4) is 0 Å². The highest BCUT2D eigenvalue weighted by atomic mass is 19.4. The maximum Gasteiger partial charge on any atom is 0.422 e. The topological polar surface area (TPSA) is 38.3 Å². The van der Waals surface area contributed by atoms with Gasteiger partial charge in [-0.15, -0.1) is 0 Å². The van der Waals surface area contributed by atoms with E-state index < -0.39 is 52.1 Å². The van der Waals surface area contributed by atoms with Crippen LogP contribution in [-0.4, -0.2) is 13.0 Å². The van der Waals surface area contributed by atoms with Gasteiger partial charge in [0.2, 0.25) is 0 Å². The summed E-state index contributed by atoms with van der Waals surface area (Å²) < 4.78 is 90.7. The molecule has 0 atom stereocenters. The Morgan fingerprint density at radius 1 is 1.05 bits per heavy atom. The van der Waals surface area contributed by atoms with Gasteiger partial charge in [0, 0.05) is 5.57 Å². The van der Waals surface area contributed by atoms with E-state index in [1.54, 1.807) is 5.48 Å². The van der Waals surface area contributed by atoms with Crippen molar-refractivity contribution in [2.24, 2.45) is 0 Å². The Labute approximate surface area is 113 Å². The summed E-state index contributed by atoms with van der Waals surface area (Å²) in [5.74, 6) is -11.5. The monoisotopic (exact) mass is 317 g/mol. The van der Waals surface area contributed by atoms with E-state index in [0.29, 0.717) is 0 Å². The molecule has 21 heavy (non-hydrogen) atoms. The number of carbonyl (C=O) groups is 1. The third kappa shape index (κ3) is 2.99. The van der Waals surface area contributed by atoms with Gasteiger partial charge in [0.1, 0.15) is 5.56 Å². The molecule has 0 fully saturated rings. The molecule has 0 aliphatic heterocycles. The van der Waals surface area contributed by atoms with Gasteiger partial charge in [0.15, 0.2) is 23.3 Å². The SMILES string of the molecule is C=C(C(=O)NOC)c1c(F)c(F)c(C(F)(F)F)c(F)c1F. The summed E-state index contributed by atoms with van der Waals surface area (Å²) in [6, 6.07) is 0. The summed E-state index contributed by atoms with van der Waals surface area (Å²) in [5.41, 5.74) is -4.01. The average molecular weight is 317 g/mol. The van der Waals surface area contributed by atoms with Crippen molar-refractivity contribution in [1.29, 1.82) is 0 Å². The summed E-state index contributed by atoms with van der Waals surface area (Å²) in [6.07, 6.45) is -5.66. The lowest BCUT2D eigenvalue weighted by molar-refractivity contribution is -0.143. The predicted octanol–water partition coefficient (Wildman–Crippen LogP) is 2.95. The van der Waals surface area contributed by atoms with Crippen LogP contribution >= 0.6 is 0 Å². The number of hydrogen-bond acceptors (Lipinski definition) is 2. The lowest BCUT2D eigenvalue weighted by atomic mass is 10.0. The molecule has 3 nitrogen and oxygen atoms in total. The summed E-state index contributed by atoms with van der Waals surface area (Å²) in [5, 5.41) is 0. The van der Waals surface area contributed by atoms with Crippen LogP contribution in [0.1, 0.15) is 11.1 Å². The molecule has 10 heteroatoms. The van der Waals surface area contributed by atoms with Crippen LogP contribution in [0.25, 0.3) is 5.57 Å². The second-order valence-corrected chi connectivity index (χ2v) is 3.62. The molecule has 0 heterocycles. The number of benzene rings is 1. The smallest absolute Gasteiger partial charge is 0.277 e. The molecule has 1 N–H and O–H groups in total. The van der Waals surface area contributed by atoms with Gasteiger partial charge in [-0.25, -0.2) is 23.0 Å². The molecule has 1 aromatic carbocycles. The van der Waals surface area contributed by atoms with Crippen molar-refractivity contribution in [2.45, 2.75) is 6.18 Å². The molecule has 116 valence electrons. The first-order valence-corrected chi connectivity index (χ1v) is 4.99. The van der Waals surface area contributed by atoms with Crippen LogP contribution in [0.15, 0.2) is 6.58 Å². The van der Waals surface area contributed by atoms with Gasteiger partial charge in [-0.05, 0) is 0 Å². The molecule has 1 aromatic rings. The highest BCUT2D eigenvalue weighted by Gasteiger charge is 2.42. The van der Waals surface area contributed by atoms with Gasteiger partial charge in [-0.1, -0.05) is 6.58 Å². The lowest BCUT2D eigenvalue weighted by Gasteiger charge is -2.14. The van der Waals surface area contributed by atoms with Crippen LogP contribution in [-0.2, 0) is 15.8 Å². The van der Waals surface area contributed by atoms with Crippen LogP contribution in [0.3, 0.4) is 0 Å². The van der Waals surface area contributed by atoms with E-state index >= 15 is 0 Å². The first-order chi connectivity index (χ1) is 9.53. The highest BCUT2D eigenvalue weighted by molar-refractivity contribution is 6.18. The van der Waals surface area contributed by atoms with Gasteiger partial charge in [0.25, 0.3) is 5.91 Å². The van der Waals surface area contributed by atoms with Crippen molar-refractivity contribution in [3.05, 3.63) is 41.0 Å². The minimum atomic E-state index is -5.66. The van der Waals surface area contributed by atoms with E-state index in [4.69, 9.17) is 0 Å². The van der Waals surface area contributed by atoms with Crippen LogP contribution in [0.4, 0.5) is 30.7 Å². The van der Waals surface area contributed by atoms with Crippen molar-refractivity contribution in [3.63, 3.8) is 0 Å². The van der Waals surface area contributed by atoms with E-state index in [9.17, 15) is 35.5 Å². The fraction of sp³-hybridized carbons (Fsp3) is 0.182. The zero-order valence-electron chi connectivity index (χ0n) is 10.2. The maximum absolute atomic E-state index is 13.5. The Morgan fingerprint density at radius 2 is 1.48 bits per heavy atom. The zero-order chi connectivity index (χ0) is 16.5. The second-order valence-electron chi connectivity index (χ2n) is 3.62. The van der Waals surface area contributed by atoms with Crippen molar-refractivity contribution < 1.29 is 40.4 Å². The molecule has 0 saturated carbocycles. The number of alkyl halides is 3. The standard InChI is InChI=1S/C11H6F7NO2/c1-3(10(20)19-21-2)4-6(12)8(14)5(11(16,17)18)9(15)7(4)13/h1H2,2H3,(H,19,20). The van der Waals surface area contributed by atoms with E-state index in [2.05, 4.69) is 11.4 Å².